The van der Waals surface area contributed by atoms with Gasteiger partial charge < -0.3 is 15.2 Å². The average Bonchev–Trinajstić information content (AvgIpc) is 2.03. The molecule has 0 aromatic heterocycles. The van der Waals surface area contributed by atoms with Gasteiger partial charge in [0.2, 0.25) is 0 Å². The third-order valence-corrected chi connectivity index (χ3v) is 2.00. The predicted octanol–water partition coefficient (Wildman–Crippen LogP) is 0.195. The molecule has 0 aliphatic rings. The van der Waals surface area contributed by atoms with Crippen LogP contribution < -0.4 is 5.46 Å². The first-order valence-corrected chi connectivity index (χ1v) is 4.21. The minimum Gasteiger partial charge on any atom is -0.508 e. The van der Waals surface area contributed by atoms with Crippen molar-refractivity contribution < 1.29 is 15.2 Å². The zero-order chi connectivity index (χ0) is 10.0. The topological polar surface area (TPSA) is 60.7 Å². The van der Waals surface area contributed by atoms with Crippen LogP contribution in [0, 0.1) is 0 Å². The summed E-state index contributed by atoms with van der Waals surface area (Å²) in [5, 5.41) is 27.0. The molecule has 13 heavy (non-hydrogen) atoms. The SMILES string of the molecule is CC(C)c1ccc(B(O)O)c(O)c1. The molecular weight excluding hydrogens is 167 g/mol. The molecule has 0 unspecified atom stereocenters. The normalized spacial score (nSPS) is 10.5. The van der Waals surface area contributed by atoms with Gasteiger partial charge in [-0.3, -0.25) is 0 Å². The van der Waals surface area contributed by atoms with Crippen molar-refractivity contribution in [1.29, 1.82) is 0 Å². The van der Waals surface area contributed by atoms with E-state index in [0.717, 1.165) is 5.56 Å². The largest absolute Gasteiger partial charge is 0.508 e. The minimum atomic E-state index is -1.61. The monoisotopic (exact) mass is 180 g/mol. The second-order valence-electron chi connectivity index (χ2n) is 3.35. The molecule has 0 saturated carbocycles. The molecule has 0 radical (unpaired) electrons. The van der Waals surface area contributed by atoms with E-state index in [0.29, 0.717) is 5.92 Å². The van der Waals surface area contributed by atoms with Crippen LogP contribution >= 0.6 is 0 Å². The predicted molar refractivity (Wildman–Crippen MR) is 52.0 cm³/mol. The van der Waals surface area contributed by atoms with Crippen molar-refractivity contribution in [3.05, 3.63) is 23.8 Å². The Morgan fingerprint density at radius 2 is 1.85 bits per heavy atom. The Balaban J connectivity index is 3.06. The molecule has 0 spiro atoms. The fourth-order valence-corrected chi connectivity index (χ4v) is 1.14. The number of phenols is 1. The van der Waals surface area contributed by atoms with E-state index in [9.17, 15) is 5.11 Å². The van der Waals surface area contributed by atoms with E-state index in [2.05, 4.69) is 0 Å². The number of hydrogen-bond donors (Lipinski definition) is 3. The molecule has 70 valence electrons. The molecule has 0 bridgehead atoms. The zero-order valence-electron chi connectivity index (χ0n) is 7.73. The van der Waals surface area contributed by atoms with Crippen molar-refractivity contribution in [2.45, 2.75) is 19.8 Å². The van der Waals surface area contributed by atoms with Gasteiger partial charge in [0, 0.05) is 5.46 Å². The lowest BCUT2D eigenvalue weighted by Gasteiger charge is -2.08. The highest BCUT2D eigenvalue weighted by atomic mass is 16.4. The zero-order valence-corrected chi connectivity index (χ0v) is 7.73. The first-order valence-electron chi connectivity index (χ1n) is 4.21. The molecular formula is C9H13BO3. The van der Waals surface area contributed by atoms with Gasteiger partial charge in [-0.15, -0.1) is 0 Å². The van der Waals surface area contributed by atoms with Gasteiger partial charge in [0.25, 0.3) is 0 Å². The quantitative estimate of drug-likeness (QED) is 0.569. The summed E-state index contributed by atoms with van der Waals surface area (Å²) in [7, 11) is -1.61. The fraction of sp³-hybridized carbons (Fsp3) is 0.333. The van der Waals surface area contributed by atoms with Gasteiger partial charge in [0.15, 0.2) is 0 Å². The van der Waals surface area contributed by atoms with E-state index >= 15 is 0 Å². The molecule has 3 N–H and O–H groups in total. The smallest absolute Gasteiger partial charge is 0.492 e. The van der Waals surface area contributed by atoms with Crippen LogP contribution in [0.3, 0.4) is 0 Å². The number of hydrogen-bond acceptors (Lipinski definition) is 3. The first kappa shape index (κ1) is 10.1. The lowest BCUT2D eigenvalue weighted by Crippen LogP contribution is -2.30. The average molecular weight is 180 g/mol. The molecule has 0 heterocycles. The molecule has 0 aliphatic heterocycles. The maximum Gasteiger partial charge on any atom is 0.492 e. The van der Waals surface area contributed by atoms with Crippen molar-refractivity contribution in [3.8, 4) is 5.75 Å². The lowest BCUT2D eigenvalue weighted by atomic mass is 9.78. The maximum atomic E-state index is 9.39. The molecule has 1 aromatic carbocycles. The molecule has 4 heteroatoms. The molecule has 0 atom stereocenters. The van der Waals surface area contributed by atoms with E-state index in [1.165, 1.54) is 6.07 Å². The van der Waals surface area contributed by atoms with Gasteiger partial charge in [-0.05, 0) is 17.5 Å². The minimum absolute atomic E-state index is 0.0683. The van der Waals surface area contributed by atoms with Crippen molar-refractivity contribution in [2.24, 2.45) is 0 Å². The van der Waals surface area contributed by atoms with Crippen molar-refractivity contribution in [3.63, 3.8) is 0 Å². The standard InChI is InChI=1S/C9H13BO3/c1-6(2)7-3-4-8(10(12)13)9(11)5-7/h3-6,11-13H,1-2H3. The molecule has 1 aromatic rings. The highest BCUT2D eigenvalue weighted by Crippen LogP contribution is 2.17. The maximum absolute atomic E-state index is 9.39. The number of aromatic hydroxyl groups is 1. The van der Waals surface area contributed by atoms with Gasteiger partial charge >= 0.3 is 7.12 Å². The Kier molecular flexibility index (Phi) is 2.96. The second-order valence-corrected chi connectivity index (χ2v) is 3.35. The van der Waals surface area contributed by atoms with E-state index in [1.807, 2.05) is 13.8 Å². The molecule has 0 amide bonds. The Morgan fingerprint density at radius 3 is 2.23 bits per heavy atom. The fourth-order valence-electron chi connectivity index (χ4n) is 1.14. The Morgan fingerprint density at radius 1 is 1.23 bits per heavy atom. The van der Waals surface area contributed by atoms with Crippen molar-refractivity contribution in [2.75, 3.05) is 0 Å². The number of phenolic OH excluding ortho intramolecular Hbond substituents is 1. The summed E-state index contributed by atoms with van der Waals surface area (Å²) in [4.78, 5) is 0. The van der Waals surface area contributed by atoms with Crippen molar-refractivity contribution in [1.82, 2.24) is 0 Å². The summed E-state index contributed by atoms with van der Waals surface area (Å²) < 4.78 is 0. The van der Waals surface area contributed by atoms with E-state index in [-0.39, 0.29) is 11.2 Å². The van der Waals surface area contributed by atoms with Crippen LogP contribution in [0.4, 0.5) is 0 Å². The molecule has 0 saturated heterocycles. The van der Waals surface area contributed by atoms with Crippen LogP contribution in [0.2, 0.25) is 0 Å². The highest BCUT2D eigenvalue weighted by molar-refractivity contribution is 6.59. The number of benzene rings is 1. The molecule has 0 aliphatic carbocycles. The van der Waals surface area contributed by atoms with E-state index in [4.69, 9.17) is 10.0 Å². The third-order valence-electron chi connectivity index (χ3n) is 2.00. The van der Waals surface area contributed by atoms with Crippen LogP contribution in [0.15, 0.2) is 18.2 Å². The van der Waals surface area contributed by atoms with Crippen LogP contribution in [-0.4, -0.2) is 22.3 Å². The molecule has 1 rings (SSSR count). The van der Waals surface area contributed by atoms with Gasteiger partial charge in [-0.2, -0.15) is 0 Å². The summed E-state index contributed by atoms with van der Waals surface area (Å²) in [6, 6.07) is 4.86. The van der Waals surface area contributed by atoms with Crippen LogP contribution in [-0.2, 0) is 0 Å². The number of rotatable bonds is 2. The van der Waals surface area contributed by atoms with Crippen LogP contribution in [0.25, 0.3) is 0 Å². The summed E-state index contributed by atoms with van der Waals surface area (Å²) in [6.07, 6.45) is 0. The summed E-state index contributed by atoms with van der Waals surface area (Å²) >= 11 is 0. The second kappa shape index (κ2) is 3.81. The summed E-state index contributed by atoms with van der Waals surface area (Å²) in [5.41, 5.74) is 1.12. The summed E-state index contributed by atoms with van der Waals surface area (Å²) in [5.74, 6) is 0.247. The third kappa shape index (κ3) is 2.23. The van der Waals surface area contributed by atoms with E-state index < -0.39 is 7.12 Å². The highest BCUT2D eigenvalue weighted by Gasteiger charge is 2.16. The van der Waals surface area contributed by atoms with Crippen LogP contribution in [0.5, 0.6) is 5.75 Å². The Bertz CT molecular complexity index is 297. The van der Waals surface area contributed by atoms with Gasteiger partial charge in [-0.1, -0.05) is 26.0 Å². The lowest BCUT2D eigenvalue weighted by molar-refractivity contribution is 0.419. The molecule has 0 fully saturated rings. The molecule has 3 nitrogen and oxygen atoms in total. The Hall–Kier alpha value is -0.995. The van der Waals surface area contributed by atoms with Gasteiger partial charge in [0.1, 0.15) is 5.75 Å². The van der Waals surface area contributed by atoms with Crippen molar-refractivity contribution >= 4 is 12.6 Å². The summed E-state index contributed by atoms with van der Waals surface area (Å²) in [6.45, 7) is 4.01. The first-order chi connectivity index (χ1) is 6.02. The van der Waals surface area contributed by atoms with Gasteiger partial charge in [-0.25, -0.2) is 0 Å². The van der Waals surface area contributed by atoms with Gasteiger partial charge in [0.05, 0.1) is 0 Å². The Labute approximate surface area is 77.8 Å². The van der Waals surface area contributed by atoms with E-state index in [1.54, 1.807) is 12.1 Å². The van der Waals surface area contributed by atoms with Crippen LogP contribution in [0.1, 0.15) is 25.3 Å².